The Labute approximate surface area is 193 Å². The number of halogens is 3. The minimum absolute atomic E-state index is 0.115. The Hall–Kier alpha value is -3.26. The molecule has 11 nitrogen and oxygen atoms in total. The lowest BCUT2D eigenvalue weighted by molar-refractivity contribution is -0.138. The van der Waals surface area contributed by atoms with Gasteiger partial charge in [0.1, 0.15) is 0 Å². The zero-order chi connectivity index (χ0) is 24.7. The van der Waals surface area contributed by atoms with Crippen molar-refractivity contribution in [3.63, 3.8) is 0 Å². The molecule has 1 aliphatic heterocycles. The third-order valence-corrected chi connectivity index (χ3v) is 5.34. The Morgan fingerprint density at radius 3 is 2.53 bits per heavy atom. The van der Waals surface area contributed by atoms with Crippen LogP contribution in [-0.2, 0) is 15.7 Å². The lowest BCUT2D eigenvalue weighted by Gasteiger charge is -2.34. The number of H-pyrrole nitrogens is 1. The smallest absolute Gasteiger partial charge is 0.394 e. The van der Waals surface area contributed by atoms with Gasteiger partial charge in [0, 0.05) is 44.1 Å². The molecule has 1 aliphatic rings. The minimum Gasteiger partial charge on any atom is -0.394 e. The van der Waals surface area contributed by atoms with E-state index < -0.39 is 17.8 Å². The van der Waals surface area contributed by atoms with E-state index in [4.69, 9.17) is 4.74 Å². The molecule has 0 aliphatic carbocycles. The van der Waals surface area contributed by atoms with Crippen LogP contribution in [0, 0.1) is 6.92 Å². The number of aromatic amines is 1. The molecule has 0 spiro atoms. The second-order valence-electron chi connectivity index (χ2n) is 7.72. The summed E-state index contributed by atoms with van der Waals surface area (Å²) in [5.74, 6) is 0.0768. The molecule has 3 rings (SSSR count). The largest absolute Gasteiger partial charge is 0.419 e. The first-order valence-electron chi connectivity index (χ1n) is 10.6. The quantitative estimate of drug-likeness (QED) is 0.432. The van der Waals surface area contributed by atoms with Gasteiger partial charge in [0.05, 0.1) is 49.7 Å². The van der Waals surface area contributed by atoms with Gasteiger partial charge >= 0.3 is 6.18 Å². The molecule has 3 N–H and O–H groups in total. The number of anilines is 2. The summed E-state index contributed by atoms with van der Waals surface area (Å²) >= 11 is 0. The number of aliphatic hydroxyl groups is 1. The Balaban J connectivity index is 1.39. The van der Waals surface area contributed by atoms with Crippen molar-refractivity contribution in [2.75, 3.05) is 56.2 Å². The van der Waals surface area contributed by atoms with Crippen LogP contribution in [0.2, 0.25) is 0 Å². The highest BCUT2D eigenvalue weighted by molar-refractivity contribution is 5.76. The van der Waals surface area contributed by atoms with E-state index >= 15 is 0 Å². The number of aliphatic hydroxyl groups excluding tert-OH is 1. The van der Waals surface area contributed by atoms with Crippen molar-refractivity contribution in [1.82, 2.24) is 25.1 Å². The van der Waals surface area contributed by atoms with Gasteiger partial charge in [-0.25, -0.2) is 15.1 Å². The van der Waals surface area contributed by atoms with Crippen molar-refractivity contribution in [3.8, 4) is 0 Å². The van der Waals surface area contributed by atoms with E-state index in [-0.39, 0.29) is 43.7 Å². The second-order valence-corrected chi connectivity index (χ2v) is 7.72. The predicted octanol–water partition coefficient (Wildman–Crippen LogP) is 0.415. The number of rotatable bonds is 9. The van der Waals surface area contributed by atoms with Crippen molar-refractivity contribution in [3.05, 3.63) is 40.1 Å². The number of nitrogens with zero attached hydrogens (tertiary/aromatic N) is 5. The average molecular weight is 485 g/mol. The average Bonchev–Trinajstić information content (AvgIpc) is 2.83. The van der Waals surface area contributed by atoms with Gasteiger partial charge in [-0.15, -0.1) is 0 Å². The van der Waals surface area contributed by atoms with Gasteiger partial charge in [-0.2, -0.15) is 18.3 Å². The minimum atomic E-state index is -4.49. The summed E-state index contributed by atoms with van der Waals surface area (Å²) in [7, 11) is 0. The zero-order valence-corrected chi connectivity index (χ0v) is 18.5. The molecule has 0 bridgehead atoms. The number of hydrogen-bond acceptors (Lipinski definition) is 9. The van der Waals surface area contributed by atoms with Crippen LogP contribution in [0.25, 0.3) is 0 Å². The van der Waals surface area contributed by atoms with Crippen LogP contribution in [0.5, 0.6) is 0 Å². The van der Waals surface area contributed by atoms with Gasteiger partial charge in [-0.1, -0.05) is 0 Å². The number of hydrogen-bond donors (Lipinski definition) is 3. The first kappa shape index (κ1) is 25.4. The monoisotopic (exact) mass is 485 g/mol. The molecule has 2 aromatic heterocycles. The standard InChI is InChI=1S/C20H26F3N7O4/c1-13-16(10-26-28-18(13)33)27-15(11-31)12-34-7-2-17(32)29-3-5-30(6-4-29)19-24-8-14(9-25-19)20(21,22)23/h8-10,15,31H,2-7,11-12H2,1H3,(H2,27,28,33)/t15-/m0/s1. The molecule has 0 unspecified atom stereocenters. The number of ether oxygens (including phenoxy) is 1. The maximum Gasteiger partial charge on any atom is 0.419 e. The number of nitrogens with one attached hydrogen (secondary N) is 2. The first-order valence-corrected chi connectivity index (χ1v) is 10.6. The number of alkyl halides is 3. The number of aromatic nitrogens is 4. The lowest BCUT2D eigenvalue weighted by Crippen LogP contribution is -2.49. The van der Waals surface area contributed by atoms with Crippen molar-refractivity contribution >= 4 is 17.5 Å². The number of carbonyl (C=O) groups excluding carboxylic acids is 1. The molecule has 2 aromatic rings. The number of amides is 1. The van der Waals surface area contributed by atoms with Crippen LogP contribution in [0.3, 0.4) is 0 Å². The topological polar surface area (TPSA) is 137 Å². The van der Waals surface area contributed by atoms with Gasteiger partial charge in [0.25, 0.3) is 5.56 Å². The molecule has 3 heterocycles. The van der Waals surface area contributed by atoms with Crippen LogP contribution < -0.4 is 15.8 Å². The third kappa shape index (κ3) is 6.63. The van der Waals surface area contributed by atoms with Crippen molar-refractivity contribution in [2.45, 2.75) is 25.6 Å². The summed E-state index contributed by atoms with van der Waals surface area (Å²) in [6, 6.07) is -0.482. The van der Waals surface area contributed by atoms with E-state index in [1.54, 1.807) is 16.7 Å². The van der Waals surface area contributed by atoms with Crippen LogP contribution in [0.4, 0.5) is 24.8 Å². The normalized spacial score (nSPS) is 15.3. The second kappa shape index (κ2) is 11.2. The highest BCUT2D eigenvalue weighted by Gasteiger charge is 2.32. The maximum absolute atomic E-state index is 12.6. The molecule has 1 fully saturated rings. The summed E-state index contributed by atoms with van der Waals surface area (Å²) < 4.78 is 43.5. The van der Waals surface area contributed by atoms with Crippen LogP contribution in [0.1, 0.15) is 17.5 Å². The van der Waals surface area contributed by atoms with Crippen LogP contribution >= 0.6 is 0 Å². The molecule has 0 radical (unpaired) electrons. The predicted molar refractivity (Wildman–Crippen MR) is 115 cm³/mol. The number of piperazine rings is 1. The molecule has 186 valence electrons. The summed E-state index contributed by atoms with van der Waals surface area (Å²) in [6.07, 6.45) is -1.41. The lowest BCUT2D eigenvalue weighted by atomic mass is 10.2. The van der Waals surface area contributed by atoms with Gasteiger partial charge in [-0.05, 0) is 6.92 Å². The van der Waals surface area contributed by atoms with Gasteiger partial charge in [0.15, 0.2) is 0 Å². The molecule has 1 amide bonds. The fourth-order valence-corrected chi connectivity index (χ4v) is 3.29. The number of carbonyl (C=O) groups is 1. The molecule has 34 heavy (non-hydrogen) atoms. The molecular formula is C20H26F3N7O4. The fraction of sp³-hybridized carbons (Fsp3) is 0.550. The molecule has 1 atom stereocenters. The van der Waals surface area contributed by atoms with E-state index in [1.807, 2.05) is 0 Å². The van der Waals surface area contributed by atoms with Gasteiger partial charge in [0.2, 0.25) is 11.9 Å². The molecular weight excluding hydrogens is 459 g/mol. The van der Waals surface area contributed by atoms with E-state index in [1.165, 1.54) is 6.20 Å². The Morgan fingerprint density at radius 2 is 1.91 bits per heavy atom. The highest BCUT2D eigenvalue weighted by atomic mass is 19.4. The Morgan fingerprint density at radius 1 is 1.24 bits per heavy atom. The summed E-state index contributed by atoms with van der Waals surface area (Å²) in [5, 5.41) is 18.6. The highest BCUT2D eigenvalue weighted by Crippen LogP contribution is 2.28. The van der Waals surface area contributed by atoms with Gasteiger partial charge in [-0.3, -0.25) is 9.59 Å². The van der Waals surface area contributed by atoms with Gasteiger partial charge < -0.3 is 25.0 Å². The van der Waals surface area contributed by atoms with E-state index in [0.29, 0.717) is 37.4 Å². The zero-order valence-electron chi connectivity index (χ0n) is 18.5. The fourth-order valence-electron chi connectivity index (χ4n) is 3.29. The van der Waals surface area contributed by atoms with E-state index in [0.717, 1.165) is 12.4 Å². The van der Waals surface area contributed by atoms with Crippen LogP contribution in [0.15, 0.2) is 23.4 Å². The summed E-state index contributed by atoms with van der Waals surface area (Å²) in [5.41, 5.74) is -0.326. The first-order chi connectivity index (χ1) is 16.2. The molecule has 1 saturated heterocycles. The molecule has 14 heteroatoms. The van der Waals surface area contributed by atoms with Crippen molar-refractivity contribution in [1.29, 1.82) is 0 Å². The van der Waals surface area contributed by atoms with Crippen molar-refractivity contribution in [2.24, 2.45) is 0 Å². The molecule has 0 aromatic carbocycles. The SMILES string of the molecule is Cc1c(N[C@@H](CO)COCCC(=O)N2CCN(c3ncc(C(F)(F)F)cn3)CC2)cn[nH]c1=O. The molecule has 0 saturated carbocycles. The van der Waals surface area contributed by atoms with Crippen LogP contribution in [-0.4, -0.2) is 88.1 Å². The Kier molecular flexibility index (Phi) is 8.39. The third-order valence-electron chi connectivity index (χ3n) is 5.34. The van der Waals surface area contributed by atoms with E-state index in [9.17, 15) is 27.9 Å². The summed E-state index contributed by atoms with van der Waals surface area (Å²) in [6.45, 7) is 3.23. The van der Waals surface area contributed by atoms with Crippen molar-refractivity contribution < 1.29 is 27.8 Å². The Bertz CT molecular complexity index is 1010. The van der Waals surface area contributed by atoms with E-state index in [2.05, 4.69) is 25.5 Å². The maximum atomic E-state index is 12.6. The summed E-state index contributed by atoms with van der Waals surface area (Å²) in [4.78, 5) is 35.0.